The second-order valence-corrected chi connectivity index (χ2v) is 7.11. The van der Waals surface area contributed by atoms with Crippen LogP contribution >= 0.6 is 0 Å². The van der Waals surface area contributed by atoms with Crippen LogP contribution in [0.4, 0.5) is 0 Å². The van der Waals surface area contributed by atoms with Gasteiger partial charge in [0.15, 0.2) is 0 Å². The lowest BCUT2D eigenvalue weighted by molar-refractivity contribution is 0.395. The lowest BCUT2D eigenvalue weighted by Gasteiger charge is -2.29. The van der Waals surface area contributed by atoms with Gasteiger partial charge in [-0.2, -0.15) is 0 Å². The summed E-state index contributed by atoms with van der Waals surface area (Å²) in [6.07, 6.45) is 4.75. The van der Waals surface area contributed by atoms with Crippen molar-refractivity contribution >= 4 is 0 Å². The molecule has 2 N–H and O–H groups in total. The summed E-state index contributed by atoms with van der Waals surface area (Å²) >= 11 is 0. The predicted octanol–water partition coefficient (Wildman–Crippen LogP) is 5.66. The topological polar surface area (TPSA) is 40.5 Å². The smallest absolute Gasteiger partial charge is 0.119 e. The predicted molar refractivity (Wildman–Crippen MR) is 94.3 cm³/mol. The summed E-state index contributed by atoms with van der Waals surface area (Å²) in [6, 6.07) is 13.8. The van der Waals surface area contributed by atoms with Crippen molar-refractivity contribution in [1.29, 1.82) is 0 Å². The number of aromatic hydroxyl groups is 2. The quantitative estimate of drug-likeness (QED) is 0.767. The normalized spacial score (nSPS) is 21.5. The average Bonchev–Trinajstić information content (AvgIpc) is 2.56. The van der Waals surface area contributed by atoms with Crippen LogP contribution < -0.4 is 0 Å². The van der Waals surface area contributed by atoms with E-state index in [1.165, 1.54) is 36.8 Å². The summed E-state index contributed by atoms with van der Waals surface area (Å²) < 4.78 is 0. The van der Waals surface area contributed by atoms with Crippen molar-refractivity contribution < 1.29 is 10.2 Å². The molecule has 0 saturated heterocycles. The summed E-state index contributed by atoms with van der Waals surface area (Å²) in [7, 11) is 0. The first-order valence-electron chi connectivity index (χ1n) is 8.66. The Hall–Kier alpha value is -1.96. The minimum Gasteiger partial charge on any atom is -0.508 e. The van der Waals surface area contributed by atoms with Gasteiger partial charge in [-0.15, -0.1) is 0 Å². The third-order valence-corrected chi connectivity index (χ3v) is 5.24. The molecule has 0 heterocycles. The highest BCUT2D eigenvalue weighted by Crippen LogP contribution is 2.42. The van der Waals surface area contributed by atoms with Crippen molar-refractivity contribution in [3.05, 3.63) is 59.2 Å². The molecular weight excluding hydrogens is 284 g/mol. The van der Waals surface area contributed by atoms with Crippen LogP contribution in [0.2, 0.25) is 0 Å². The summed E-state index contributed by atoms with van der Waals surface area (Å²) in [4.78, 5) is 0. The van der Waals surface area contributed by atoms with E-state index in [1.807, 2.05) is 6.07 Å². The van der Waals surface area contributed by atoms with E-state index < -0.39 is 0 Å². The molecule has 0 bridgehead atoms. The molecule has 2 aromatic carbocycles. The van der Waals surface area contributed by atoms with Crippen molar-refractivity contribution in [2.45, 2.75) is 57.3 Å². The molecule has 122 valence electrons. The summed E-state index contributed by atoms with van der Waals surface area (Å²) in [5, 5.41) is 19.4. The first-order valence-corrected chi connectivity index (χ1v) is 8.66. The van der Waals surface area contributed by atoms with E-state index in [-0.39, 0.29) is 0 Å². The van der Waals surface area contributed by atoms with Gasteiger partial charge in [-0.1, -0.05) is 38.1 Å². The van der Waals surface area contributed by atoms with Crippen LogP contribution in [-0.4, -0.2) is 10.2 Å². The SMILES string of the molecule is CC(C)c1cc([C@H]2CC[C@H](c3ccc(O)cc3)CC2)ccc1O. The highest BCUT2D eigenvalue weighted by molar-refractivity contribution is 5.39. The molecule has 0 radical (unpaired) electrons. The number of phenolic OH excluding ortho intramolecular Hbond substituents is 2. The maximum Gasteiger partial charge on any atom is 0.119 e. The van der Waals surface area contributed by atoms with Gasteiger partial charge in [-0.3, -0.25) is 0 Å². The van der Waals surface area contributed by atoms with E-state index >= 15 is 0 Å². The van der Waals surface area contributed by atoms with Crippen LogP contribution in [0.3, 0.4) is 0 Å². The number of benzene rings is 2. The fraction of sp³-hybridized carbons (Fsp3) is 0.429. The van der Waals surface area contributed by atoms with Crippen LogP contribution in [0, 0.1) is 0 Å². The van der Waals surface area contributed by atoms with Crippen LogP contribution in [0.25, 0.3) is 0 Å². The largest absolute Gasteiger partial charge is 0.508 e. The zero-order chi connectivity index (χ0) is 16.4. The van der Waals surface area contributed by atoms with Gasteiger partial charge in [0.2, 0.25) is 0 Å². The second kappa shape index (κ2) is 6.66. The molecular formula is C21H26O2. The van der Waals surface area contributed by atoms with Crippen molar-refractivity contribution in [2.75, 3.05) is 0 Å². The van der Waals surface area contributed by atoms with Gasteiger partial charge in [0.25, 0.3) is 0 Å². The Kier molecular flexibility index (Phi) is 4.61. The van der Waals surface area contributed by atoms with Gasteiger partial charge in [0, 0.05) is 0 Å². The zero-order valence-corrected chi connectivity index (χ0v) is 14.0. The van der Waals surface area contributed by atoms with E-state index in [4.69, 9.17) is 0 Å². The Morgan fingerprint density at radius 3 is 1.87 bits per heavy atom. The first-order chi connectivity index (χ1) is 11.0. The summed E-state index contributed by atoms with van der Waals surface area (Å²) in [6.45, 7) is 4.25. The van der Waals surface area contributed by atoms with Gasteiger partial charge in [-0.05, 0) is 78.3 Å². The Balaban J connectivity index is 1.69. The third kappa shape index (κ3) is 3.52. The van der Waals surface area contributed by atoms with Crippen molar-refractivity contribution in [2.24, 2.45) is 0 Å². The summed E-state index contributed by atoms with van der Waals surface area (Å²) in [5.74, 6) is 2.31. The van der Waals surface area contributed by atoms with Crippen molar-refractivity contribution in [3.8, 4) is 11.5 Å². The molecule has 0 unspecified atom stereocenters. The standard InChI is InChI=1S/C21H26O2/c1-14(2)20-13-18(9-12-21(20)23)17-5-3-15(4-6-17)16-7-10-19(22)11-8-16/h7-15,17,22-23H,3-6H2,1-2H3/t15-,17-. The van der Waals surface area contributed by atoms with Gasteiger partial charge in [-0.25, -0.2) is 0 Å². The van der Waals surface area contributed by atoms with E-state index in [1.54, 1.807) is 12.1 Å². The van der Waals surface area contributed by atoms with Gasteiger partial charge >= 0.3 is 0 Å². The van der Waals surface area contributed by atoms with Crippen LogP contribution in [0.5, 0.6) is 11.5 Å². The van der Waals surface area contributed by atoms with Crippen LogP contribution in [-0.2, 0) is 0 Å². The molecule has 2 aromatic rings. The molecule has 0 aliphatic heterocycles. The average molecular weight is 310 g/mol. The Bertz CT molecular complexity index is 650. The first kappa shape index (κ1) is 15.9. The Morgan fingerprint density at radius 1 is 0.783 bits per heavy atom. The van der Waals surface area contributed by atoms with Crippen molar-refractivity contribution in [3.63, 3.8) is 0 Å². The number of hydrogen-bond acceptors (Lipinski definition) is 2. The molecule has 0 amide bonds. The molecule has 0 atom stereocenters. The Morgan fingerprint density at radius 2 is 1.30 bits per heavy atom. The van der Waals surface area contributed by atoms with E-state index in [0.717, 1.165) is 5.56 Å². The van der Waals surface area contributed by atoms with Crippen LogP contribution in [0.15, 0.2) is 42.5 Å². The lowest BCUT2D eigenvalue weighted by atomic mass is 9.76. The fourth-order valence-corrected chi connectivity index (χ4v) is 3.80. The van der Waals surface area contributed by atoms with E-state index in [0.29, 0.717) is 29.3 Å². The minimum absolute atomic E-state index is 0.341. The van der Waals surface area contributed by atoms with Crippen LogP contribution in [0.1, 0.15) is 74.0 Å². The Labute approximate surface area is 138 Å². The van der Waals surface area contributed by atoms with E-state index in [2.05, 4.69) is 38.1 Å². The maximum atomic E-state index is 10.00. The highest BCUT2D eigenvalue weighted by Gasteiger charge is 2.24. The molecule has 2 heteroatoms. The molecule has 0 aromatic heterocycles. The monoisotopic (exact) mass is 310 g/mol. The molecule has 1 aliphatic carbocycles. The number of hydrogen-bond donors (Lipinski definition) is 2. The number of rotatable bonds is 3. The van der Waals surface area contributed by atoms with Gasteiger partial charge in [0.05, 0.1) is 0 Å². The van der Waals surface area contributed by atoms with Gasteiger partial charge in [0.1, 0.15) is 11.5 Å². The fourth-order valence-electron chi connectivity index (χ4n) is 3.80. The summed E-state index contributed by atoms with van der Waals surface area (Å²) in [5.41, 5.74) is 3.77. The van der Waals surface area contributed by atoms with Gasteiger partial charge < -0.3 is 10.2 Å². The second-order valence-electron chi connectivity index (χ2n) is 7.11. The molecule has 3 rings (SSSR count). The third-order valence-electron chi connectivity index (χ3n) is 5.24. The number of phenols is 2. The van der Waals surface area contributed by atoms with Crippen molar-refractivity contribution in [1.82, 2.24) is 0 Å². The minimum atomic E-state index is 0.341. The lowest BCUT2D eigenvalue weighted by Crippen LogP contribution is -2.12. The molecule has 23 heavy (non-hydrogen) atoms. The molecule has 2 nitrogen and oxygen atoms in total. The molecule has 1 fully saturated rings. The maximum absolute atomic E-state index is 10.00. The van der Waals surface area contributed by atoms with E-state index in [9.17, 15) is 10.2 Å². The highest BCUT2D eigenvalue weighted by atomic mass is 16.3. The molecule has 1 aliphatic rings. The zero-order valence-electron chi connectivity index (χ0n) is 14.0. The molecule has 0 spiro atoms. The molecule has 1 saturated carbocycles.